The van der Waals surface area contributed by atoms with Gasteiger partial charge in [0.25, 0.3) is 0 Å². The number of unbranched alkanes of at least 4 members (excludes halogenated alkanes) is 2. The molecule has 0 aromatic rings. The van der Waals surface area contributed by atoms with Crippen LogP contribution in [0.25, 0.3) is 0 Å². The fourth-order valence-corrected chi connectivity index (χ4v) is 5.11. The standard InChI is InChI=1S/C11H26O2Si/c1-6-8-9-10-14(12-4,13-5)11(3)7-2/h11H,6-10H2,1-5H3. The van der Waals surface area contributed by atoms with Gasteiger partial charge in [-0.25, -0.2) is 0 Å². The summed E-state index contributed by atoms with van der Waals surface area (Å²) in [6.07, 6.45) is 4.95. The number of hydrogen-bond acceptors (Lipinski definition) is 2. The zero-order valence-electron chi connectivity index (χ0n) is 10.4. The summed E-state index contributed by atoms with van der Waals surface area (Å²) < 4.78 is 11.4. The summed E-state index contributed by atoms with van der Waals surface area (Å²) in [4.78, 5) is 0. The highest BCUT2D eigenvalue weighted by molar-refractivity contribution is 6.68. The molecule has 0 heterocycles. The van der Waals surface area contributed by atoms with Gasteiger partial charge in [0, 0.05) is 14.2 Å². The van der Waals surface area contributed by atoms with E-state index in [1.54, 1.807) is 0 Å². The largest absolute Gasteiger partial charge is 0.397 e. The van der Waals surface area contributed by atoms with Gasteiger partial charge in [0.15, 0.2) is 0 Å². The first-order valence-corrected chi connectivity index (χ1v) is 7.87. The lowest BCUT2D eigenvalue weighted by atomic mass is 10.3. The number of hydrogen-bond donors (Lipinski definition) is 0. The van der Waals surface area contributed by atoms with Gasteiger partial charge in [-0.3, -0.25) is 0 Å². The van der Waals surface area contributed by atoms with Crippen molar-refractivity contribution < 1.29 is 8.85 Å². The molecule has 86 valence electrons. The average molecular weight is 218 g/mol. The highest BCUT2D eigenvalue weighted by Gasteiger charge is 2.39. The van der Waals surface area contributed by atoms with Crippen LogP contribution in [0.2, 0.25) is 11.6 Å². The molecule has 0 aliphatic carbocycles. The lowest BCUT2D eigenvalue weighted by Crippen LogP contribution is -2.43. The second-order valence-corrected chi connectivity index (χ2v) is 7.91. The summed E-state index contributed by atoms with van der Waals surface area (Å²) >= 11 is 0. The van der Waals surface area contributed by atoms with Gasteiger partial charge >= 0.3 is 8.56 Å². The van der Waals surface area contributed by atoms with E-state index in [-0.39, 0.29) is 0 Å². The van der Waals surface area contributed by atoms with Crippen LogP contribution in [0.15, 0.2) is 0 Å². The molecule has 0 aliphatic heterocycles. The molecular formula is C11H26O2Si. The van der Waals surface area contributed by atoms with E-state index in [0.29, 0.717) is 5.54 Å². The second kappa shape index (κ2) is 7.43. The van der Waals surface area contributed by atoms with Crippen molar-refractivity contribution in [3.05, 3.63) is 0 Å². The average Bonchev–Trinajstić information content (AvgIpc) is 2.24. The van der Waals surface area contributed by atoms with Crippen LogP contribution in [0.4, 0.5) is 0 Å². The molecule has 0 spiro atoms. The summed E-state index contributed by atoms with van der Waals surface area (Å²) in [5, 5.41) is 0. The molecule has 0 saturated carbocycles. The molecule has 0 aliphatic rings. The first-order valence-electron chi connectivity index (χ1n) is 5.77. The third-order valence-corrected chi connectivity index (χ3v) is 7.53. The van der Waals surface area contributed by atoms with E-state index in [4.69, 9.17) is 8.85 Å². The third kappa shape index (κ3) is 3.71. The topological polar surface area (TPSA) is 18.5 Å². The van der Waals surface area contributed by atoms with Crippen molar-refractivity contribution in [1.29, 1.82) is 0 Å². The van der Waals surface area contributed by atoms with Gasteiger partial charge < -0.3 is 8.85 Å². The zero-order valence-corrected chi connectivity index (χ0v) is 11.4. The molecule has 2 nitrogen and oxygen atoms in total. The summed E-state index contributed by atoms with van der Waals surface area (Å²) in [7, 11) is 1.74. The molecule has 0 radical (unpaired) electrons. The predicted molar refractivity (Wildman–Crippen MR) is 63.8 cm³/mol. The van der Waals surface area contributed by atoms with Crippen LogP contribution in [0.3, 0.4) is 0 Å². The molecule has 14 heavy (non-hydrogen) atoms. The van der Waals surface area contributed by atoms with Gasteiger partial charge in [0.2, 0.25) is 0 Å². The van der Waals surface area contributed by atoms with Gasteiger partial charge in [-0.15, -0.1) is 0 Å². The highest BCUT2D eigenvalue weighted by atomic mass is 28.4. The maximum atomic E-state index is 5.70. The van der Waals surface area contributed by atoms with Crippen LogP contribution in [0.5, 0.6) is 0 Å². The van der Waals surface area contributed by atoms with Gasteiger partial charge in [0.05, 0.1) is 0 Å². The van der Waals surface area contributed by atoms with E-state index in [0.717, 1.165) is 12.5 Å². The van der Waals surface area contributed by atoms with Crippen LogP contribution in [0.1, 0.15) is 46.5 Å². The van der Waals surface area contributed by atoms with Gasteiger partial charge in [-0.05, 0) is 11.6 Å². The molecule has 0 fully saturated rings. The summed E-state index contributed by atoms with van der Waals surface area (Å²) in [6, 6.07) is 1.14. The van der Waals surface area contributed by atoms with Crippen LogP contribution < -0.4 is 0 Å². The molecule has 0 amide bonds. The van der Waals surface area contributed by atoms with Crippen molar-refractivity contribution in [3.8, 4) is 0 Å². The fraction of sp³-hybridized carbons (Fsp3) is 1.00. The Morgan fingerprint density at radius 2 is 1.64 bits per heavy atom. The Labute approximate surface area is 90.2 Å². The Morgan fingerprint density at radius 1 is 1.07 bits per heavy atom. The fourth-order valence-electron chi connectivity index (χ4n) is 1.87. The molecule has 0 aromatic heterocycles. The quantitative estimate of drug-likeness (QED) is 0.457. The summed E-state index contributed by atoms with van der Waals surface area (Å²) in [5.74, 6) is 0. The highest BCUT2D eigenvalue weighted by Crippen LogP contribution is 2.31. The lowest BCUT2D eigenvalue weighted by molar-refractivity contribution is 0.227. The van der Waals surface area contributed by atoms with E-state index in [9.17, 15) is 0 Å². The Morgan fingerprint density at radius 3 is 2.00 bits per heavy atom. The third-order valence-electron chi connectivity index (χ3n) is 3.18. The molecule has 1 unspecified atom stereocenters. The molecular weight excluding hydrogens is 192 g/mol. The molecule has 0 bridgehead atoms. The van der Waals surface area contributed by atoms with Gasteiger partial charge in [0.1, 0.15) is 0 Å². The lowest BCUT2D eigenvalue weighted by Gasteiger charge is -2.32. The maximum absolute atomic E-state index is 5.70. The molecule has 0 rings (SSSR count). The summed E-state index contributed by atoms with van der Waals surface area (Å²) in [6.45, 7) is 6.70. The molecule has 1 atom stereocenters. The van der Waals surface area contributed by atoms with Crippen molar-refractivity contribution in [1.82, 2.24) is 0 Å². The Hall–Kier alpha value is 0.137. The van der Waals surface area contributed by atoms with E-state index in [2.05, 4.69) is 20.8 Å². The monoisotopic (exact) mass is 218 g/mol. The summed E-state index contributed by atoms with van der Waals surface area (Å²) in [5.41, 5.74) is 0.592. The van der Waals surface area contributed by atoms with Crippen LogP contribution in [0, 0.1) is 0 Å². The first kappa shape index (κ1) is 14.1. The molecule has 0 saturated heterocycles. The molecule has 0 N–H and O–H groups in total. The SMILES string of the molecule is CCCCC[Si](OC)(OC)C(C)CC. The zero-order chi connectivity index (χ0) is 11.0. The van der Waals surface area contributed by atoms with Crippen molar-refractivity contribution in [2.45, 2.75) is 58.0 Å². The maximum Gasteiger partial charge on any atom is 0.340 e. The normalized spacial score (nSPS) is 14.4. The van der Waals surface area contributed by atoms with Gasteiger partial charge in [-0.2, -0.15) is 0 Å². The molecule has 0 aromatic carbocycles. The van der Waals surface area contributed by atoms with E-state index >= 15 is 0 Å². The van der Waals surface area contributed by atoms with E-state index in [1.165, 1.54) is 19.3 Å². The second-order valence-electron chi connectivity index (χ2n) is 3.99. The van der Waals surface area contributed by atoms with Gasteiger partial charge in [-0.1, -0.05) is 46.5 Å². The van der Waals surface area contributed by atoms with Crippen LogP contribution in [-0.4, -0.2) is 22.8 Å². The van der Waals surface area contributed by atoms with Crippen molar-refractivity contribution >= 4 is 8.56 Å². The van der Waals surface area contributed by atoms with E-state index in [1.807, 2.05) is 14.2 Å². The van der Waals surface area contributed by atoms with Crippen molar-refractivity contribution in [2.24, 2.45) is 0 Å². The Balaban J connectivity index is 4.21. The molecule has 3 heteroatoms. The number of rotatable bonds is 8. The first-order chi connectivity index (χ1) is 6.66. The van der Waals surface area contributed by atoms with Crippen LogP contribution in [-0.2, 0) is 8.85 Å². The van der Waals surface area contributed by atoms with Crippen molar-refractivity contribution in [3.63, 3.8) is 0 Å². The smallest absolute Gasteiger partial charge is 0.340 e. The minimum absolute atomic E-state index is 0.592. The van der Waals surface area contributed by atoms with Crippen LogP contribution >= 0.6 is 0 Å². The van der Waals surface area contributed by atoms with Crippen molar-refractivity contribution in [2.75, 3.05) is 14.2 Å². The van der Waals surface area contributed by atoms with E-state index < -0.39 is 8.56 Å². The minimum Gasteiger partial charge on any atom is -0.397 e. The Kier molecular flexibility index (Phi) is 7.50. The minimum atomic E-state index is -1.88. The predicted octanol–water partition coefficient (Wildman–Crippen LogP) is 3.71. The Bertz CT molecular complexity index is 135.